The zero-order valence-corrected chi connectivity index (χ0v) is 59.9. The molecule has 0 aliphatic carbocycles. The van der Waals surface area contributed by atoms with Crippen molar-refractivity contribution in [3.8, 4) is 76.7 Å². The molecule has 8 aromatic heterocycles. The van der Waals surface area contributed by atoms with Crippen molar-refractivity contribution in [3.05, 3.63) is 190 Å². The van der Waals surface area contributed by atoms with Crippen LogP contribution < -0.4 is 18.9 Å². The van der Waals surface area contributed by atoms with Crippen molar-refractivity contribution in [1.29, 1.82) is 0 Å². The van der Waals surface area contributed by atoms with Gasteiger partial charge in [-0.3, -0.25) is 29.1 Å². The first-order valence-electron chi connectivity index (χ1n) is 30.7. The number of ether oxygens (including phenoxy) is 4. The van der Waals surface area contributed by atoms with Crippen molar-refractivity contribution in [3.63, 3.8) is 0 Å². The van der Waals surface area contributed by atoms with Gasteiger partial charge in [0.1, 0.15) is 36.4 Å². The monoisotopic (exact) mass is 1390 g/mol. The molecule has 0 unspecified atom stereocenters. The summed E-state index contributed by atoms with van der Waals surface area (Å²) in [6.45, 7) is 33.4. The van der Waals surface area contributed by atoms with Crippen LogP contribution in [0.25, 0.3) is 108 Å². The largest absolute Gasteiger partial charge is 2.00 e. The molecule has 0 N–H and O–H groups in total. The molecule has 12 aromatic rings. The number of fused-ring (bicyclic) bond motifs is 8. The minimum absolute atomic E-state index is 0. The van der Waals surface area contributed by atoms with Gasteiger partial charge in [0.15, 0.2) is 23.0 Å². The van der Waals surface area contributed by atoms with Gasteiger partial charge < -0.3 is 29.8 Å². The summed E-state index contributed by atoms with van der Waals surface area (Å²) in [5, 5.41) is 23.9. The van der Waals surface area contributed by atoms with Crippen molar-refractivity contribution in [2.24, 2.45) is 0 Å². The summed E-state index contributed by atoms with van der Waals surface area (Å²) in [6.07, 6.45) is 7.37. The summed E-state index contributed by atoms with van der Waals surface area (Å²) in [7, 11) is 0. The zero-order chi connectivity index (χ0) is 65.6. The molecule has 12 nitrogen and oxygen atoms in total. The number of rotatable bonds is 6. The maximum absolute atomic E-state index is 7.13. The third-order valence-corrected chi connectivity index (χ3v) is 18.9. The minimum Gasteiger partial charge on any atom is -0.753 e. The van der Waals surface area contributed by atoms with Gasteiger partial charge in [-0.1, -0.05) is 132 Å². The molecule has 0 saturated carbocycles. The number of nitrogens with zero attached hydrogens (tertiary/aromatic N) is 8. The molecule has 10 heterocycles. The van der Waals surface area contributed by atoms with E-state index < -0.39 is 0 Å². The van der Waals surface area contributed by atoms with Gasteiger partial charge in [-0.05, 0) is 177 Å². The van der Waals surface area contributed by atoms with Crippen LogP contribution in [-0.2, 0) is 41.1 Å². The zero-order valence-electron chi connectivity index (χ0n) is 54.9. The Morgan fingerprint density at radius 2 is 0.645 bits per heavy atom. The van der Waals surface area contributed by atoms with E-state index in [-0.39, 0.29) is 41.1 Å². The van der Waals surface area contributed by atoms with Crippen LogP contribution in [0.2, 0.25) is 0 Å². The van der Waals surface area contributed by atoms with Crippen LogP contribution in [0.15, 0.2) is 146 Å². The van der Waals surface area contributed by atoms with Gasteiger partial charge in [0.2, 0.25) is 0 Å². The Kier molecular flexibility index (Phi) is 19.7. The van der Waals surface area contributed by atoms with E-state index in [4.69, 9.17) is 39.7 Å². The molecular weight excluding hydrogens is 1320 g/mol. The second kappa shape index (κ2) is 27.1. The molecule has 0 amide bonds. The number of isothiocyanates is 2. The van der Waals surface area contributed by atoms with Crippen LogP contribution >= 0.6 is 47.1 Å². The first kappa shape index (κ1) is 67.8. The van der Waals surface area contributed by atoms with Crippen molar-refractivity contribution in [1.82, 2.24) is 29.1 Å². The maximum Gasteiger partial charge on any atom is 2.00 e. The van der Waals surface area contributed by atoms with Crippen molar-refractivity contribution in [2.75, 3.05) is 26.4 Å². The number of aryl methyl sites for hydroxylation is 2. The summed E-state index contributed by atoms with van der Waals surface area (Å²) >= 11 is 10.8. The van der Waals surface area contributed by atoms with Gasteiger partial charge in [-0.25, -0.2) is 0 Å². The third-order valence-electron chi connectivity index (χ3n) is 16.6. The van der Waals surface area contributed by atoms with E-state index in [1.54, 1.807) is 22.7 Å². The Labute approximate surface area is 576 Å². The predicted octanol–water partition coefficient (Wildman–Crippen LogP) is 20.6. The van der Waals surface area contributed by atoms with Crippen LogP contribution in [0.5, 0.6) is 23.0 Å². The fourth-order valence-corrected chi connectivity index (χ4v) is 14.1. The second-order valence-corrected chi connectivity index (χ2v) is 29.6. The average Bonchev–Trinajstić information content (AvgIpc) is 1.58. The number of aromatic nitrogens is 6. The number of thiocarbonyl (C=S) groups is 2. The Hall–Kier alpha value is -8.10. The quantitative estimate of drug-likeness (QED) is 0.0897. The van der Waals surface area contributed by atoms with E-state index >= 15 is 0 Å². The normalized spacial score (nSPS) is 12.8. The van der Waals surface area contributed by atoms with E-state index in [2.05, 4.69) is 238 Å². The van der Waals surface area contributed by atoms with Gasteiger partial charge in [0.05, 0.1) is 54.6 Å². The molecule has 0 fully saturated rings. The van der Waals surface area contributed by atoms with Crippen LogP contribution in [0.3, 0.4) is 0 Å². The first-order valence-corrected chi connectivity index (χ1v) is 33.1. The molecule has 0 atom stereocenters. The molecule has 0 radical (unpaired) electrons. The Morgan fingerprint density at radius 3 is 0.914 bits per heavy atom. The van der Waals surface area contributed by atoms with E-state index in [9.17, 15) is 0 Å². The van der Waals surface area contributed by atoms with Gasteiger partial charge in [0, 0.05) is 46.3 Å². The molecule has 2 aliphatic heterocycles. The average molecular weight is 1390 g/mol. The molecular formula is C76H74N8O4RuS4. The van der Waals surface area contributed by atoms with E-state index in [0.717, 1.165) is 98.7 Å². The summed E-state index contributed by atoms with van der Waals surface area (Å²) in [4.78, 5) is 20.4. The van der Waals surface area contributed by atoms with Gasteiger partial charge in [-0.15, -0.1) is 22.7 Å². The maximum atomic E-state index is 7.13. The molecule has 17 heteroatoms. The molecule has 93 heavy (non-hydrogen) atoms. The van der Waals surface area contributed by atoms with Crippen molar-refractivity contribution < 1.29 is 38.4 Å². The summed E-state index contributed by atoms with van der Waals surface area (Å²) in [5.74, 6) is 3.06. The second-order valence-electron chi connectivity index (χ2n) is 27.3. The molecule has 0 spiro atoms. The summed E-state index contributed by atoms with van der Waals surface area (Å²) < 4.78 is 31.0. The molecule has 0 saturated heterocycles. The van der Waals surface area contributed by atoms with Crippen LogP contribution in [0.4, 0.5) is 0 Å². The number of hydrogen-bond acceptors (Lipinski definition) is 12. The Balaban J connectivity index is 0.000000388. The first-order chi connectivity index (χ1) is 43.8. The van der Waals surface area contributed by atoms with E-state index in [1.807, 2.05) is 49.1 Å². The number of thiophene rings is 2. The van der Waals surface area contributed by atoms with Crippen LogP contribution in [0, 0.1) is 13.8 Å². The summed E-state index contributed by atoms with van der Waals surface area (Å²) in [6, 6.07) is 44.2. The Morgan fingerprint density at radius 1 is 0.387 bits per heavy atom. The van der Waals surface area contributed by atoms with Crippen LogP contribution in [-0.4, -0.2) is 65.8 Å². The molecule has 4 aromatic carbocycles. The van der Waals surface area contributed by atoms with Crippen LogP contribution in [0.1, 0.15) is 116 Å². The van der Waals surface area contributed by atoms with Gasteiger partial charge in [0.25, 0.3) is 0 Å². The van der Waals surface area contributed by atoms with Crippen molar-refractivity contribution in [2.45, 2.75) is 119 Å². The molecule has 0 bridgehead atoms. The Bertz CT molecular complexity index is 4420. The number of hydrogen-bond donors (Lipinski definition) is 0. The predicted molar refractivity (Wildman–Crippen MR) is 388 cm³/mol. The number of benzene rings is 4. The van der Waals surface area contributed by atoms with Crippen molar-refractivity contribution >= 4 is 101 Å². The molecule has 14 rings (SSSR count). The smallest absolute Gasteiger partial charge is 0.753 e. The minimum atomic E-state index is -0.000326. The number of pyridine rings is 4. The standard InChI is InChI=1S/C62H62N4O4S2.C12H12N2.2CNS.Ru/c1-59(2,3)37-13-17-47-41(31-37)42-32-38(60(4,5)6)14-18-48(42)65(47)57-53-51(67-25-27-69-53)55(71-57)35-21-23-63-45(29-35)46-30-36(22-24-64-46)56-52-54(70-28-26-68-52)58(72-56)66-49-19-15-39(61(7,8)9)33-43(49)44-34-40(62(10,11)12)16-20-50(44)66;1-9-3-5-13-11(7-9)12-8-10(2)4-6-14-12;2*2-1-3;/h13-24,29-34H,25-28H2,1-12H3;3-8H,1-2H3;;;/q;;2*-1;+2. The molecule has 474 valence electrons. The fourth-order valence-electron chi connectivity index (χ4n) is 11.7. The van der Waals surface area contributed by atoms with E-state index in [0.29, 0.717) is 26.4 Å². The third kappa shape index (κ3) is 13.8. The topological polar surface area (TPSA) is 143 Å². The summed E-state index contributed by atoms with van der Waals surface area (Å²) in [5.41, 5.74) is 17.5. The van der Waals surface area contributed by atoms with Gasteiger partial charge in [-0.2, -0.15) is 10.3 Å². The van der Waals surface area contributed by atoms with E-state index in [1.165, 1.54) is 65.2 Å². The SMILES string of the molecule is CC(C)(C)c1ccc2c(c1)c1cc(C(C)(C)C)ccc1n2-c1sc(-c2ccnc(-c3cc(-c4sc(-n5c6ccc(C(C)(C)C)cc6c6cc(C(C)(C)C)ccc65)c5c4OCCO5)ccn3)c2)c2c1OCCO2.Cc1ccnc(-c2cc(C)ccn2)c1.[N-]=C=S.[N-]=C=S.[Ru+2]. The van der Waals surface area contributed by atoms with Gasteiger partial charge >= 0.3 is 19.5 Å². The fraction of sp³-hybridized carbons (Fsp3) is 0.289. The molecule has 2 aliphatic rings.